The summed E-state index contributed by atoms with van der Waals surface area (Å²) < 4.78 is 24.5. The van der Waals surface area contributed by atoms with Crippen molar-refractivity contribution in [2.75, 3.05) is 19.8 Å². The summed E-state index contributed by atoms with van der Waals surface area (Å²) in [6.07, 6.45) is -0.555. The van der Waals surface area contributed by atoms with Crippen molar-refractivity contribution >= 4 is 23.2 Å². The maximum Gasteiger partial charge on any atom is 0.270 e. The van der Waals surface area contributed by atoms with Gasteiger partial charge < -0.3 is 24.7 Å². The van der Waals surface area contributed by atoms with Gasteiger partial charge in [-0.1, -0.05) is 22.8 Å². The van der Waals surface area contributed by atoms with Crippen LogP contribution < -0.4 is 5.32 Å². The standard InChI is InChI=1S/C21H22ClFN4O5/c1-11-25-16(17-6-19(32-27-17)20-10-30-13(8-28)9-31-20)5-18(26-11)21(29)24-7-12-2-3-15(23)14(22)4-12/h2-5,13,19-20,28H,6-10H2,1H3,(H,24,29)/t13-,19-,20-/m0/s1. The summed E-state index contributed by atoms with van der Waals surface area (Å²) in [5.74, 6) is -0.520. The normalized spacial score (nSPS) is 22.9. The molecule has 4 rings (SSSR count). The van der Waals surface area contributed by atoms with Crippen molar-refractivity contribution in [2.24, 2.45) is 5.16 Å². The molecule has 3 atom stereocenters. The van der Waals surface area contributed by atoms with Crippen LogP contribution in [0.15, 0.2) is 29.4 Å². The minimum atomic E-state index is -0.519. The average Bonchev–Trinajstić information content (AvgIpc) is 3.30. The Balaban J connectivity index is 1.39. The summed E-state index contributed by atoms with van der Waals surface area (Å²) in [6, 6.07) is 5.79. The zero-order chi connectivity index (χ0) is 22.7. The highest BCUT2D eigenvalue weighted by Crippen LogP contribution is 2.23. The van der Waals surface area contributed by atoms with Gasteiger partial charge in [0.2, 0.25) is 0 Å². The number of aryl methyl sites for hydroxylation is 1. The van der Waals surface area contributed by atoms with Gasteiger partial charge in [-0.15, -0.1) is 0 Å². The number of oxime groups is 1. The van der Waals surface area contributed by atoms with Gasteiger partial charge in [-0.3, -0.25) is 4.79 Å². The first-order chi connectivity index (χ1) is 15.4. The van der Waals surface area contributed by atoms with Crippen LogP contribution in [0.4, 0.5) is 4.39 Å². The van der Waals surface area contributed by atoms with Crippen molar-refractivity contribution in [1.29, 1.82) is 0 Å². The SMILES string of the molecule is Cc1nc(C(=O)NCc2ccc(F)c(Cl)c2)cc(C2=NO[C@H]([C@@H]3CO[C@@H](CO)CO3)C2)n1. The zero-order valence-corrected chi connectivity index (χ0v) is 18.0. The molecule has 0 radical (unpaired) electrons. The Kier molecular flexibility index (Phi) is 6.95. The molecule has 9 nitrogen and oxygen atoms in total. The molecule has 0 saturated carbocycles. The van der Waals surface area contributed by atoms with Gasteiger partial charge >= 0.3 is 0 Å². The van der Waals surface area contributed by atoms with E-state index in [2.05, 4.69) is 20.4 Å². The summed E-state index contributed by atoms with van der Waals surface area (Å²) >= 11 is 5.78. The van der Waals surface area contributed by atoms with Crippen LogP contribution in [0.5, 0.6) is 0 Å². The molecule has 0 unspecified atom stereocenters. The van der Waals surface area contributed by atoms with Crippen LogP contribution in [0.1, 0.15) is 34.0 Å². The van der Waals surface area contributed by atoms with E-state index in [4.69, 9.17) is 31.0 Å². The van der Waals surface area contributed by atoms with Crippen molar-refractivity contribution in [3.63, 3.8) is 0 Å². The summed E-state index contributed by atoms with van der Waals surface area (Å²) in [5, 5.41) is 16.0. The second-order valence-corrected chi connectivity index (χ2v) is 7.92. The van der Waals surface area contributed by atoms with Crippen molar-refractivity contribution in [3.8, 4) is 0 Å². The molecule has 2 aliphatic heterocycles. The Morgan fingerprint density at radius 3 is 2.81 bits per heavy atom. The fraction of sp³-hybridized carbons (Fsp3) is 0.429. The van der Waals surface area contributed by atoms with Crippen LogP contribution in [-0.4, -0.2) is 64.8 Å². The monoisotopic (exact) mass is 464 g/mol. The number of ether oxygens (including phenoxy) is 2. The Morgan fingerprint density at radius 1 is 1.25 bits per heavy atom. The molecule has 11 heteroatoms. The third kappa shape index (κ3) is 5.21. The average molecular weight is 465 g/mol. The number of aliphatic hydroxyl groups is 1. The fourth-order valence-electron chi connectivity index (χ4n) is 3.38. The molecular weight excluding hydrogens is 443 g/mol. The van der Waals surface area contributed by atoms with E-state index in [-0.39, 0.29) is 48.8 Å². The largest absolute Gasteiger partial charge is 0.394 e. The van der Waals surface area contributed by atoms with Gasteiger partial charge in [0, 0.05) is 13.0 Å². The molecular formula is C21H22ClFN4O5. The van der Waals surface area contributed by atoms with Gasteiger partial charge in [0.15, 0.2) is 6.10 Å². The first kappa shape index (κ1) is 22.5. The minimum Gasteiger partial charge on any atom is -0.394 e. The van der Waals surface area contributed by atoms with E-state index < -0.39 is 11.7 Å². The van der Waals surface area contributed by atoms with Gasteiger partial charge in [0.05, 0.1) is 30.5 Å². The molecule has 1 fully saturated rings. The molecule has 170 valence electrons. The van der Waals surface area contributed by atoms with Gasteiger partial charge in [-0.05, 0) is 30.7 Å². The number of aliphatic hydroxyl groups excluding tert-OH is 1. The predicted octanol–water partition coefficient (Wildman–Crippen LogP) is 1.78. The highest BCUT2D eigenvalue weighted by molar-refractivity contribution is 6.30. The van der Waals surface area contributed by atoms with Crippen molar-refractivity contribution in [3.05, 3.63) is 57.9 Å². The quantitative estimate of drug-likeness (QED) is 0.669. The number of hydrogen-bond donors (Lipinski definition) is 2. The lowest BCUT2D eigenvalue weighted by Gasteiger charge is -2.30. The fourth-order valence-corrected chi connectivity index (χ4v) is 3.58. The van der Waals surface area contributed by atoms with Crippen LogP contribution >= 0.6 is 11.6 Å². The van der Waals surface area contributed by atoms with E-state index in [0.717, 1.165) is 0 Å². The highest BCUT2D eigenvalue weighted by Gasteiger charge is 2.35. The number of halogens is 2. The lowest BCUT2D eigenvalue weighted by atomic mass is 10.0. The van der Waals surface area contributed by atoms with Crippen molar-refractivity contribution in [2.45, 2.75) is 38.2 Å². The molecule has 32 heavy (non-hydrogen) atoms. The Bertz CT molecular complexity index is 1030. The molecule has 1 amide bonds. The molecule has 2 aliphatic rings. The van der Waals surface area contributed by atoms with E-state index in [9.17, 15) is 9.18 Å². The van der Waals surface area contributed by atoms with Gasteiger partial charge in [-0.2, -0.15) is 0 Å². The van der Waals surface area contributed by atoms with Crippen LogP contribution in [0.2, 0.25) is 5.02 Å². The smallest absolute Gasteiger partial charge is 0.270 e. The molecule has 0 bridgehead atoms. The lowest BCUT2D eigenvalue weighted by molar-refractivity contribution is -0.178. The zero-order valence-electron chi connectivity index (χ0n) is 17.3. The van der Waals surface area contributed by atoms with Crippen molar-refractivity contribution in [1.82, 2.24) is 15.3 Å². The first-order valence-electron chi connectivity index (χ1n) is 10.1. The summed E-state index contributed by atoms with van der Waals surface area (Å²) in [4.78, 5) is 26.7. The maximum absolute atomic E-state index is 13.3. The number of nitrogens with zero attached hydrogens (tertiary/aromatic N) is 3. The molecule has 3 heterocycles. The summed E-state index contributed by atoms with van der Waals surface area (Å²) in [7, 11) is 0. The minimum absolute atomic E-state index is 0.00931. The maximum atomic E-state index is 13.3. The van der Waals surface area contributed by atoms with Gasteiger partial charge in [0.25, 0.3) is 5.91 Å². The van der Waals surface area contributed by atoms with Gasteiger partial charge in [-0.25, -0.2) is 14.4 Å². The number of rotatable bonds is 6. The Hall–Kier alpha value is -2.66. The molecule has 1 aromatic carbocycles. The topological polar surface area (TPSA) is 115 Å². The van der Waals surface area contributed by atoms with Gasteiger partial charge in [0.1, 0.15) is 35.3 Å². The summed E-state index contributed by atoms with van der Waals surface area (Å²) in [5.41, 5.74) is 1.90. The molecule has 0 spiro atoms. The number of hydrogen-bond acceptors (Lipinski definition) is 8. The van der Waals surface area contributed by atoms with Crippen LogP contribution in [0.3, 0.4) is 0 Å². The number of aromatic nitrogens is 2. The van der Waals surface area contributed by atoms with E-state index in [1.54, 1.807) is 19.1 Å². The molecule has 1 saturated heterocycles. The number of benzene rings is 1. The second-order valence-electron chi connectivity index (χ2n) is 7.51. The molecule has 0 aliphatic carbocycles. The van der Waals surface area contributed by atoms with E-state index in [1.165, 1.54) is 12.1 Å². The molecule has 2 N–H and O–H groups in total. The van der Waals surface area contributed by atoms with E-state index in [1.807, 2.05) is 0 Å². The van der Waals surface area contributed by atoms with Crippen LogP contribution in [-0.2, 0) is 20.9 Å². The highest BCUT2D eigenvalue weighted by atomic mass is 35.5. The number of nitrogens with one attached hydrogen (secondary N) is 1. The predicted molar refractivity (Wildman–Crippen MR) is 112 cm³/mol. The first-order valence-corrected chi connectivity index (χ1v) is 10.5. The lowest BCUT2D eigenvalue weighted by Crippen LogP contribution is -2.43. The Morgan fingerprint density at radius 2 is 2.09 bits per heavy atom. The third-order valence-electron chi connectivity index (χ3n) is 5.11. The summed E-state index contributed by atoms with van der Waals surface area (Å²) in [6.45, 7) is 2.33. The number of carbonyl (C=O) groups is 1. The number of carbonyl (C=O) groups excluding carboxylic acids is 1. The molecule has 2 aromatic rings. The van der Waals surface area contributed by atoms with Crippen molar-refractivity contribution < 1.29 is 28.6 Å². The van der Waals surface area contributed by atoms with E-state index in [0.29, 0.717) is 35.8 Å². The third-order valence-corrected chi connectivity index (χ3v) is 5.40. The Labute approximate surface area is 188 Å². The van der Waals surface area contributed by atoms with Crippen LogP contribution in [0, 0.1) is 12.7 Å². The number of amides is 1. The van der Waals surface area contributed by atoms with E-state index >= 15 is 0 Å². The molecule has 1 aromatic heterocycles. The second kappa shape index (κ2) is 9.86. The van der Waals surface area contributed by atoms with Crippen LogP contribution in [0.25, 0.3) is 0 Å².